The van der Waals surface area contributed by atoms with Gasteiger partial charge in [0.1, 0.15) is 4.88 Å². The lowest BCUT2D eigenvalue weighted by Crippen LogP contribution is -2.31. The number of amides is 1. The Morgan fingerprint density at radius 2 is 2.29 bits per heavy atom. The average molecular weight is 318 g/mol. The zero-order valence-corrected chi connectivity index (χ0v) is 11.9. The second-order valence-electron chi connectivity index (χ2n) is 4.44. The van der Waals surface area contributed by atoms with E-state index in [2.05, 4.69) is 21.2 Å². The van der Waals surface area contributed by atoms with Crippen molar-refractivity contribution < 1.29 is 9.90 Å². The number of rotatable bonds is 4. The summed E-state index contributed by atoms with van der Waals surface area (Å²) < 4.78 is 0.852. The van der Waals surface area contributed by atoms with E-state index in [0.29, 0.717) is 18.4 Å². The van der Waals surface area contributed by atoms with Crippen molar-refractivity contribution in [1.82, 2.24) is 5.32 Å². The van der Waals surface area contributed by atoms with Gasteiger partial charge in [-0.15, -0.1) is 11.3 Å². The molecule has 2 unspecified atom stereocenters. The Balaban J connectivity index is 1.86. The summed E-state index contributed by atoms with van der Waals surface area (Å²) in [5.41, 5.74) is 0. The number of hydrogen-bond donors (Lipinski definition) is 2. The van der Waals surface area contributed by atoms with Crippen LogP contribution in [0.3, 0.4) is 0 Å². The van der Waals surface area contributed by atoms with Crippen molar-refractivity contribution in [2.24, 2.45) is 11.8 Å². The zero-order chi connectivity index (χ0) is 12.3. The van der Waals surface area contributed by atoms with Crippen molar-refractivity contribution in [1.29, 1.82) is 0 Å². The lowest BCUT2D eigenvalue weighted by atomic mass is 9.97. The average Bonchev–Trinajstić information content (AvgIpc) is 2.94. The van der Waals surface area contributed by atoms with Crippen LogP contribution in [0.15, 0.2) is 15.9 Å². The van der Waals surface area contributed by atoms with E-state index in [9.17, 15) is 9.90 Å². The SMILES string of the molecule is O=C(NCC1CCCC1CO)c1sccc1Br. The van der Waals surface area contributed by atoms with Gasteiger partial charge in [0.2, 0.25) is 0 Å². The predicted molar refractivity (Wildman–Crippen MR) is 72.3 cm³/mol. The number of carbonyl (C=O) groups is 1. The molecule has 0 radical (unpaired) electrons. The normalized spacial score (nSPS) is 23.9. The second-order valence-corrected chi connectivity index (χ2v) is 6.21. The van der Waals surface area contributed by atoms with E-state index < -0.39 is 0 Å². The molecule has 0 saturated heterocycles. The fraction of sp³-hybridized carbons (Fsp3) is 0.583. The lowest BCUT2D eigenvalue weighted by molar-refractivity contribution is 0.0941. The summed E-state index contributed by atoms with van der Waals surface area (Å²) >= 11 is 4.79. The van der Waals surface area contributed by atoms with Crippen LogP contribution < -0.4 is 5.32 Å². The minimum Gasteiger partial charge on any atom is -0.396 e. The topological polar surface area (TPSA) is 49.3 Å². The van der Waals surface area contributed by atoms with Crippen LogP contribution in [0.5, 0.6) is 0 Å². The number of aliphatic hydroxyl groups excluding tert-OH is 1. The van der Waals surface area contributed by atoms with Crippen LogP contribution in [0.2, 0.25) is 0 Å². The molecule has 1 heterocycles. The van der Waals surface area contributed by atoms with Crippen molar-refractivity contribution in [2.75, 3.05) is 13.2 Å². The second kappa shape index (κ2) is 5.98. The number of halogens is 1. The Hall–Kier alpha value is -0.390. The van der Waals surface area contributed by atoms with Crippen molar-refractivity contribution in [3.8, 4) is 0 Å². The predicted octanol–water partition coefficient (Wildman–Crippen LogP) is 2.65. The Morgan fingerprint density at radius 3 is 2.94 bits per heavy atom. The molecule has 2 N–H and O–H groups in total. The molecule has 0 spiro atoms. The van der Waals surface area contributed by atoms with Gasteiger partial charge in [-0.3, -0.25) is 4.79 Å². The summed E-state index contributed by atoms with van der Waals surface area (Å²) in [6.07, 6.45) is 3.35. The molecule has 1 aromatic rings. The lowest BCUT2D eigenvalue weighted by Gasteiger charge is -2.17. The van der Waals surface area contributed by atoms with E-state index in [1.54, 1.807) is 0 Å². The summed E-state index contributed by atoms with van der Waals surface area (Å²) in [7, 11) is 0. The van der Waals surface area contributed by atoms with Gasteiger partial charge in [0.15, 0.2) is 0 Å². The van der Waals surface area contributed by atoms with Crippen molar-refractivity contribution in [3.63, 3.8) is 0 Å². The number of nitrogens with one attached hydrogen (secondary N) is 1. The maximum absolute atomic E-state index is 11.9. The molecule has 1 aromatic heterocycles. The van der Waals surface area contributed by atoms with E-state index in [4.69, 9.17) is 0 Å². The Bertz CT molecular complexity index is 394. The summed E-state index contributed by atoms with van der Waals surface area (Å²) in [5.74, 6) is 0.778. The fourth-order valence-electron chi connectivity index (χ4n) is 2.38. The quantitative estimate of drug-likeness (QED) is 0.897. The fourth-order valence-corrected chi connectivity index (χ4v) is 3.85. The highest BCUT2D eigenvalue weighted by atomic mass is 79.9. The van der Waals surface area contributed by atoms with E-state index in [1.165, 1.54) is 11.3 Å². The molecule has 0 aromatic carbocycles. The van der Waals surface area contributed by atoms with E-state index in [-0.39, 0.29) is 12.5 Å². The maximum Gasteiger partial charge on any atom is 0.262 e. The van der Waals surface area contributed by atoms with Crippen LogP contribution in [0.4, 0.5) is 0 Å². The third kappa shape index (κ3) is 3.09. The van der Waals surface area contributed by atoms with E-state index in [1.807, 2.05) is 11.4 Å². The zero-order valence-electron chi connectivity index (χ0n) is 9.49. The van der Waals surface area contributed by atoms with Gasteiger partial charge in [-0.25, -0.2) is 0 Å². The van der Waals surface area contributed by atoms with Crippen molar-refractivity contribution in [2.45, 2.75) is 19.3 Å². The minimum absolute atomic E-state index is 0.0181. The molecule has 1 amide bonds. The van der Waals surface area contributed by atoms with Crippen LogP contribution >= 0.6 is 27.3 Å². The molecule has 2 atom stereocenters. The number of carbonyl (C=O) groups excluding carboxylic acids is 1. The highest BCUT2D eigenvalue weighted by Gasteiger charge is 2.27. The molecule has 0 aliphatic heterocycles. The van der Waals surface area contributed by atoms with Crippen LogP contribution in [0.25, 0.3) is 0 Å². The highest BCUT2D eigenvalue weighted by Crippen LogP contribution is 2.31. The maximum atomic E-state index is 11.9. The van der Waals surface area contributed by atoms with Gasteiger partial charge in [-0.1, -0.05) is 6.42 Å². The van der Waals surface area contributed by atoms with Gasteiger partial charge in [-0.05, 0) is 52.1 Å². The highest BCUT2D eigenvalue weighted by molar-refractivity contribution is 9.10. The third-order valence-corrected chi connectivity index (χ3v) is 5.24. The Labute approximate surface area is 113 Å². The molecule has 1 aliphatic carbocycles. The molecule has 1 fully saturated rings. The molecule has 0 bridgehead atoms. The molecule has 17 heavy (non-hydrogen) atoms. The van der Waals surface area contributed by atoms with Gasteiger partial charge < -0.3 is 10.4 Å². The van der Waals surface area contributed by atoms with Crippen molar-refractivity contribution >= 4 is 33.2 Å². The standard InChI is InChI=1S/C12H16BrNO2S/c13-10-4-5-17-11(10)12(16)14-6-8-2-1-3-9(8)7-15/h4-5,8-9,15H,1-3,6-7H2,(H,14,16). The molecule has 1 saturated carbocycles. The molecule has 1 aliphatic rings. The van der Waals surface area contributed by atoms with Crippen LogP contribution in [0.1, 0.15) is 28.9 Å². The van der Waals surface area contributed by atoms with E-state index >= 15 is 0 Å². The van der Waals surface area contributed by atoms with Crippen LogP contribution in [-0.4, -0.2) is 24.2 Å². The Kier molecular flexibility index (Phi) is 4.59. The van der Waals surface area contributed by atoms with Crippen LogP contribution in [-0.2, 0) is 0 Å². The van der Waals surface area contributed by atoms with Gasteiger partial charge in [0.05, 0.1) is 0 Å². The smallest absolute Gasteiger partial charge is 0.262 e. The van der Waals surface area contributed by atoms with Gasteiger partial charge in [-0.2, -0.15) is 0 Å². The minimum atomic E-state index is -0.0181. The summed E-state index contributed by atoms with van der Waals surface area (Å²) in [6.45, 7) is 0.914. The number of hydrogen-bond acceptors (Lipinski definition) is 3. The first-order valence-electron chi connectivity index (χ1n) is 5.84. The monoisotopic (exact) mass is 317 g/mol. The van der Waals surface area contributed by atoms with Gasteiger partial charge in [0, 0.05) is 17.6 Å². The molecule has 3 nitrogen and oxygen atoms in total. The van der Waals surface area contributed by atoms with E-state index in [0.717, 1.165) is 28.6 Å². The van der Waals surface area contributed by atoms with Crippen LogP contribution in [0, 0.1) is 11.8 Å². The largest absolute Gasteiger partial charge is 0.396 e. The summed E-state index contributed by atoms with van der Waals surface area (Å²) in [4.78, 5) is 12.6. The van der Waals surface area contributed by atoms with Crippen molar-refractivity contribution in [3.05, 3.63) is 20.8 Å². The molecule has 2 rings (SSSR count). The first-order valence-corrected chi connectivity index (χ1v) is 7.51. The first-order chi connectivity index (χ1) is 8.22. The molecule has 94 valence electrons. The first kappa shape index (κ1) is 13.1. The summed E-state index contributed by atoms with van der Waals surface area (Å²) in [5, 5.41) is 14.1. The Morgan fingerprint density at radius 1 is 1.53 bits per heavy atom. The van der Waals surface area contributed by atoms with Gasteiger partial charge >= 0.3 is 0 Å². The third-order valence-electron chi connectivity index (χ3n) is 3.40. The molecular weight excluding hydrogens is 302 g/mol. The summed E-state index contributed by atoms with van der Waals surface area (Å²) in [6, 6.07) is 1.88. The van der Waals surface area contributed by atoms with Gasteiger partial charge in [0.25, 0.3) is 5.91 Å². The number of aliphatic hydroxyl groups is 1. The molecular formula is C12H16BrNO2S. The number of thiophene rings is 1. The molecule has 5 heteroatoms.